The number of carbonyl (C=O) groups is 2. The average Bonchev–Trinajstić information content (AvgIpc) is 2.56. The number of ether oxygens (including phenoxy) is 2. The molecular formula is C14H18O10. The molecule has 0 bridgehead atoms. The van der Waals surface area contributed by atoms with Crippen molar-refractivity contribution in [2.75, 3.05) is 26.4 Å². The van der Waals surface area contributed by atoms with Gasteiger partial charge in [0.05, 0.1) is 13.2 Å². The number of carbonyl (C=O) groups excluding carboxylic acids is 2. The molecule has 0 amide bonds. The number of hydrogen-bond acceptors (Lipinski definition) is 10. The maximum atomic E-state index is 12.0. The number of aliphatic hydroxyl groups excluding tert-OH is 2. The molecule has 1 aromatic rings. The Bertz CT molecular complexity index is 557. The van der Waals surface area contributed by atoms with Gasteiger partial charge in [0.15, 0.2) is 11.5 Å². The van der Waals surface area contributed by atoms with Crippen molar-refractivity contribution in [2.45, 2.75) is 12.8 Å². The van der Waals surface area contributed by atoms with Crippen LogP contribution in [0.4, 0.5) is 0 Å². The zero-order valence-corrected chi connectivity index (χ0v) is 12.6. The Morgan fingerprint density at radius 1 is 0.667 bits per heavy atom. The Balaban J connectivity index is 3.28. The molecule has 0 aliphatic heterocycles. The summed E-state index contributed by atoms with van der Waals surface area (Å²) >= 11 is 0. The summed E-state index contributed by atoms with van der Waals surface area (Å²) in [4.78, 5) is 24.0. The normalized spacial score (nSPS) is 10.4. The maximum Gasteiger partial charge on any atom is 0.343 e. The molecule has 0 heterocycles. The van der Waals surface area contributed by atoms with Crippen molar-refractivity contribution in [2.24, 2.45) is 0 Å². The van der Waals surface area contributed by atoms with Crippen LogP contribution in [-0.2, 0) is 9.47 Å². The van der Waals surface area contributed by atoms with Crippen LogP contribution in [0.3, 0.4) is 0 Å². The van der Waals surface area contributed by atoms with Crippen LogP contribution in [0.5, 0.6) is 23.0 Å². The number of rotatable bonds is 8. The second-order valence-corrected chi connectivity index (χ2v) is 4.57. The van der Waals surface area contributed by atoms with Crippen LogP contribution < -0.4 is 0 Å². The summed E-state index contributed by atoms with van der Waals surface area (Å²) in [6.45, 7) is -1.06. The molecule has 10 heteroatoms. The van der Waals surface area contributed by atoms with Crippen LogP contribution >= 0.6 is 0 Å². The zero-order chi connectivity index (χ0) is 18.3. The van der Waals surface area contributed by atoms with Crippen molar-refractivity contribution in [3.05, 3.63) is 11.1 Å². The highest BCUT2D eigenvalue weighted by molar-refractivity contribution is 6.08. The van der Waals surface area contributed by atoms with Gasteiger partial charge in [-0.1, -0.05) is 0 Å². The van der Waals surface area contributed by atoms with Crippen molar-refractivity contribution in [3.8, 4) is 23.0 Å². The molecule has 0 spiro atoms. The van der Waals surface area contributed by atoms with E-state index in [0.717, 1.165) is 0 Å². The third kappa shape index (κ3) is 4.18. The van der Waals surface area contributed by atoms with E-state index in [4.69, 9.17) is 19.7 Å². The minimum Gasteiger partial charge on any atom is -0.504 e. The van der Waals surface area contributed by atoms with Crippen LogP contribution in [0.15, 0.2) is 0 Å². The second-order valence-electron chi connectivity index (χ2n) is 4.57. The van der Waals surface area contributed by atoms with Gasteiger partial charge in [-0.05, 0) is 0 Å². The highest BCUT2D eigenvalue weighted by Gasteiger charge is 2.33. The monoisotopic (exact) mass is 346 g/mol. The van der Waals surface area contributed by atoms with Crippen molar-refractivity contribution >= 4 is 11.9 Å². The molecule has 0 unspecified atom stereocenters. The summed E-state index contributed by atoms with van der Waals surface area (Å²) in [7, 11) is 0. The molecule has 0 radical (unpaired) electrons. The number of aromatic hydroxyl groups is 4. The fourth-order valence-electron chi connectivity index (χ4n) is 1.70. The van der Waals surface area contributed by atoms with Gasteiger partial charge in [0.25, 0.3) is 0 Å². The molecule has 0 aliphatic carbocycles. The highest BCUT2D eigenvalue weighted by Crippen LogP contribution is 2.47. The summed E-state index contributed by atoms with van der Waals surface area (Å²) in [5.41, 5.74) is -1.79. The van der Waals surface area contributed by atoms with Gasteiger partial charge in [-0.15, -0.1) is 0 Å². The lowest BCUT2D eigenvalue weighted by atomic mass is 10.0. The molecular weight excluding hydrogens is 328 g/mol. The van der Waals surface area contributed by atoms with E-state index in [2.05, 4.69) is 0 Å². The van der Waals surface area contributed by atoms with E-state index in [1.54, 1.807) is 0 Å². The molecule has 24 heavy (non-hydrogen) atoms. The fraction of sp³-hybridized carbons (Fsp3) is 0.429. The molecule has 6 N–H and O–H groups in total. The van der Waals surface area contributed by atoms with E-state index >= 15 is 0 Å². The van der Waals surface area contributed by atoms with Crippen molar-refractivity contribution in [3.63, 3.8) is 0 Å². The standard InChI is InChI=1S/C14H18O10/c15-3-1-5-23-13(21)7-8(14(22)24-6-2-4-16)10(18)12(20)11(19)9(7)17/h15-20H,1-6H2. The molecule has 0 fully saturated rings. The summed E-state index contributed by atoms with van der Waals surface area (Å²) in [5.74, 6) is -7.33. The van der Waals surface area contributed by atoms with E-state index in [0.29, 0.717) is 0 Å². The predicted molar refractivity (Wildman–Crippen MR) is 77.1 cm³/mol. The van der Waals surface area contributed by atoms with E-state index in [9.17, 15) is 30.0 Å². The van der Waals surface area contributed by atoms with Crippen LogP contribution in [0.2, 0.25) is 0 Å². The number of aliphatic hydroxyl groups is 2. The third-order valence-electron chi connectivity index (χ3n) is 2.88. The quantitative estimate of drug-likeness (QED) is 0.157. The van der Waals surface area contributed by atoms with Crippen molar-refractivity contribution < 1.29 is 49.7 Å². The van der Waals surface area contributed by atoms with Gasteiger partial charge in [-0.3, -0.25) is 0 Å². The Morgan fingerprint density at radius 2 is 1.00 bits per heavy atom. The molecule has 10 nitrogen and oxygen atoms in total. The zero-order valence-electron chi connectivity index (χ0n) is 12.6. The first-order valence-corrected chi connectivity index (χ1v) is 6.92. The van der Waals surface area contributed by atoms with Crippen LogP contribution in [0.1, 0.15) is 33.6 Å². The molecule has 0 aliphatic rings. The first-order chi connectivity index (χ1) is 11.4. The first-order valence-electron chi connectivity index (χ1n) is 6.92. The SMILES string of the molecule is O=C(OCCCO)c1c(O)c(O)c(O)c(O)c1C(=O)OCCCO. The summed E-state index contributed by atoms with van der Waals surface area (Å²) < 4.78 is 9.41. The van der Waals surface area contributed by atoms with E-state index in [1.165, 1.54) is 0 Å². The maximum absolute atomic E-state index is 12.0. The van der Waals surface area contributed by atoms with E-state index < -0.39 is 46.1 Å². The summed E-state index contributed by atoms with van der Waals surface area (Å²) in [6.07, 6.45) is 0.164. The van der Waals surface area contributed by atoms with Crippen molar-refractivity contribution in [1.82, 2.24) is 0 Å². The first kappa shape index (κ1) is 19.3. The van der Waals surface area contributed by atoms with Crippen LogP contribution in [0.25, 0.3) is 0 Å². The second kappa shape index (κ2) is 8.79. The predicted octanol–water partition coefficient (Wildman–Crippen LogP) is -0.413. The van der Waals surface area contributed by atoms with Crippen LogP contribution in [-0.4, -0.2) is 69.0 Å². The average molecular weight is 346 g/mol. The molecule has 1 aromatic carbocycles. The largest absolute Gasteiger partial charge is 0.504 e. The fourth-order valence-corrected chi connectivity index (χ4v) is 1.70. The lowest BCUT2D eigenvalue weighted by molar-refractivity contribution is 0.0426. The molecule has 134 valence electrons. The molecule has 0 aromatic heterocycles. The number of phenolic OH excluding ortho intramolecular Hbond substituents is 4. The Morgan fingerprint density at radius 3 is 1.29 bits per heavy atom. The molecule has 0 atom stereocenters. The van der Waals surface area contributed by atoms with Crippen molar-refractivity contribution in [1.29, 1.82) is 0 Å². The lowest BCUT2D eigenvalue weighted by Crippen LogP contribution is -2.16. The number of phenols is 4. The highest BCUT2D eigenvalue weighted by atomic mass is 16.5. The smallest absolute Gasteiger partial charge is 0.343 e. The summed E-state index contributed by atoms with van der Waals surface area (Å²) in [6, 6.07) is 0. The topological polar surface area (TPSA) is 174 Å². The number of hydrogen-bond donors (Lipinski definition) is 6. The Labute approximate surface area is 136 Å². The number of esters is 2. The van der Waals surface area contributed by atoms with Crippen LogP contribution in [0, 0.1) is 0 Å². The van der Waals surface area contributed by atoms with Gasteiger partial charge < -0.3 is 40.1 Å². The van der Waals surface area contributed by atoms with Gasteiger partial charge in [0.2, 0.25) is 11.5 Å². The van der Waals surface area contributed by atoms with Gasteiger partial charge in [0.1, 0.15) is 11.1 Å². The lowest BCUT2D eigenvalue weighted by Gasteiger charge is -2.14. The van der Waals surface area contributed by atoms with Gasteiger partial charge in [-0.25, -0.2) is 9.59 Å². The molecule has 0 saturated heterocycles. The van der Waals surface area contributed by atoms with Gasteiger partial charge in [0, 0.05) is 26.1 Å². The van der Waals surface area contributed by atoms with E-state index in [-0.39, 0.29) is 39.3 Å². The molecule has 0 saturated carbocycles. The number of benzene rings is 1. The van der Waals surface area contributed by atoms with Gasteiger partial charge in [-0.2, -0.15) is 0 Å². The third-order valence-corrected chi connectivity index (χ3v) is 2.88. The summed E-state index contributed by atoms with van der Waals surface area (Å²) in [5, 5.41) is 55.9. The van der Waals surface area contributed by atoms with E-state index in [1.807, 2.05) is 0 Å². The minimum absolute atomic E-state index is 0.0822. The Hall–Kier alpha value is -2.72. The Kier molecular flexibility index (Phi) is 7.08. The molecule has 1 rings (SSSR count). The van der Waals surface area contributed by atoms with Gasteiger partial charge >= 0.3 is 11.9 Å². The minimum atomic E-state index is -1.28.